The number of fused-ring (bicyclic) bond motifs is 1. The van der Waals surface area contributed by atoms with Gasteiger partial charge in [-0.1, -0.05) is 36.4 Å². The minimum absolute atomic E-state index is 0.0446. The van der Waals surface area contributed by atoms with Crippen LogP contribution in [0.5, 0.6) is 11.5 Å². The van der Waals surface area contributed by atoms with Crippen LogP contribution in [-0.2, 0) is 22.4 Å². The van der Waals surface area contributed by atoms with E-state index >= 15 is 0 Å². The predicted octanol–water partition coefficient (Wildman–Crippen LogP) is 3.55. The third-order valence-electron chi connectivity index (χ3n) is 5.26. The highest BCUT2D eigenvalue weighted by molar-refractivity contribution is 5.71. The van der Waals surface area contributed by atoms with Gasteiger partial charge in [0.05, 0.1) is 18.1 Å². The van der Waals surface area contributed by atoms with Crippen LogP contribution in [0, 0.1) is 5.92 Å². The number of rotatable bonds is 9. The number of carboxylic acids is 1. The molecule has 2 aromatic carbocycles. The molecule has 0 bridgehead atoms. The average molecular weight is 458 g/mol. The van der Waals surface area contributed by atoms with Crippen molar-refractivity contribution in [2.45, 2.75) is 57.8 Å². The molecule has 1 aliphatic heterocycles. The molecule has 2 aromatic rings. The molecule has 0 saturated carbocycles. The Hall–Kier alpha value is -3.26. The van der Waals surface area contributed by atoms with Crippen molar-refractivity contribution in [1.29, 1.82) is 0 Å². The number of carbonyl (C=O) groups is 2. The Morgan fingerprint density at radius 3 is 2.39 bits per heavy atom. The maximum absolute atomic E-state index is 12.4. The molecule has 3 N–H and O–H groups in total. The number of hydrogen-bond acceptors (Lipinski definition) is 6. The van der Waals surface area contributed by atoms with Crippen molar-refractivity contribution in [3.63, 3.8) is 0 Å². The summed E-state index contributed by atoms with van der Waals surface area (Å²) < 4.78 is 16.0. The largest absolute Gasteiger partial charge is 0.481 e. The molecule has 1 heterocycles. The van der Waals surface area contributed by atoms with Crippen LogP contribution in [0.2, 0.25) is 0 Å². The first-order chi connectivity index (χ1) is 15.6. The fourth-order valence-electron chi connectivity index (χ4n) is 3.69. The summed E-state index contributed by atoms with van der Waals surface area (Å²) in [4.78, 5) is 24.4. The van der Waals surface area contributed by atoms with E-state index in [1.165, 1.54) is 0 Å². The van der Waals surface area contributed by atoms with Gasteiger partial charge in [0.1, 0.15) is 5.60 Å². The fraction of sp³-hybridized carbons (Fsp3) is 0.440. The van der Waals surface area contributed by atoms with Gasteiger partial charge in [0.2, 0.25) is 6.79 Å². The Balaban J connectivity index is 1.72. The van der Waals surface area contributed by atoms with E-state index in [1.54, 1.807) is 39.0 Å². The number of alkyl carbamates (subject to hydrolysis) is 1. The van der Waals surface area contributed by atoms with Gasteiger partial charge in [-0.3, -0.25) is 4.79 Å². The zero-order valence-electron chi connectivity index (χ0n) is 19.1. The lowest BCUT2D eigenvalue weighted by atomic mass is 9.89. The van der Waals surface area contributed by atoms with Crippen LogP contribution in [0.4, 0.5) is 4.79 Å². The Morgan fingerprint density at radius 1 is 1.03 bits per heavy atom. The first kappa shape index (κ1) is 24.4. The summed E-state index contributed by atoms with van der Waals surface area (Å²) in [6.45, 7) is 5.39. The number of hydrogen-bond donors (Lipinski definition) is 3. The molecular formula is C25H31NO7. The average Bonchev–Trinajstić information content (AvgIpc) is 3.20. The molecule has 178 valence electrons. The van der Waals surface area contributed by atoms with E-state index in [9.17, 15) is 19.8 Å². The van der Waals surface area contributed by atoms with Gasteiger partial charge in [0.25, 0.3) is 0 Å². The molecule has 0 spiro atoms. The van der Waals surface area contributed by atoms with Crippen molar-refractivity contribution in [3.05, 3.63) is 59.7 Å². The molecule has 8 nitrogen and oxygen atoms in total. The molecule has 0 aliphatic carbocycles. The van der Waals surface area contributed by atoms with E-state index in [2.05, 4.69) is 5.32 Å². The van der Waals surface area contributed by atoms with Crippen molar-refractivity contribution >= 4 is 12.1 Å². The molecule has 3 atom stereocenters. The van der Waals surface area contributed by atoms with Gasteiger partial charge < -0.3 is 29.7 Å². The summed E-state index contributed by atoms with van der Waals surface area (Å²) in [7, 11) is 0. The SMILES string of the molecule is CC(C)(C)OC(=O)NC(Cc1ccccc1)C(O)CC(Cc1ccc2c(c1)OCO2)C(=O)O. The number of nitrogens with one attached hydrogen (secondary N) is 1. The van der Waals surface area contributed by atoms with E-state index < -0.39 is 35.7 Å². The smallest absolute Gasteiger partial charge is 0.407 e. The van der Waals surface area contributed by atoms with Gasteiger partial charge in [0, 0.05) is 0 Å². The van der Waals surface area contributed by atoms with E-state index in [-0.39, 0.29) is 19.6 Å². The maximum atomic E-state index is 12.4. The van der Waals surface area contributed by atoms with E-state index in [1.807, 2.05) is 30.3 Å². The van der Waals surface area contributed by atoms with Crippen molar-refractivity contribution in [2.75, 3.05) is 6.79 Å². The molecule has 3 rings (SSSR count). The molecule has 0 radical (unpaired) electrons. The van der Waals surface area contributed by atoms with Crippen LogP contribution in [0.25, 0.3) is 0 Å². The second kappa shape index (κ2) is 10.6. The minimum Gasteiger partial charge on any atom is -0.481 e. The predicted molar refractivity (Wildman–Crippen MR) is 121 cm³/mol. The summed E-state index contributed by atoms with van der Waals surface area (Å²) in [5, 5.41) is 23.5. The van der Waals surface area contributed by atoms with Crippen molar-refractivity contribution in [1.82, 2.24) is 5.32 Å². The maximum Gasteiger partial charge on any atom is 0.407 e. The summed E-state index contributed by atoms with van der Waals surface area (Å²) in [6.07, 6.45) is -1.28. The monoisotopic (exact) mass is 457 g/mol. The zero-order chi connectivity index (χ0) is 24.0. The van der Waals surface area contributed by atoms with E-state index in [0.29, 0.717) is 17.9 Å². The van der Waals surface area contributed by atoms with Gasteiger partial charge >= 0.3 is 12.1 Å². The number of aliphatic carboxylic acids is 1. The molecular weight excluding hydrogens is 426 g/mol. The third-order valence-corrected chi connectivity index (χ3v) is 5.26. The Labute approximate surface area is 193 Å². The molecule has 33 heavy (non-hydrogen) atoms. The molecule has 1 amide bonds. The van der Waals surface area contributed by atoms with Crippen molar-refractivity contribution < 1.29 is 34.0 Å². The zero-order valence-corrected chi connectivity index (χ0v) is 19.1. The second-order valence-corrected chi connectivity index (χ2v) is 9.17. The Morgan fingerprint density at radius 2 is 1.73 bits per heavy atom. The first-order valence-electron chi connectivity index (χ1n) is 10.9. The van der Waals surface area contributed by atoms with E-state index in [4.69, 9.17) is 14.2 Å². The highest BCUT2D eigenvalue weighted by Crippen LogP contribution is 2.33. The number of aliphatic hydroxyl groups is 1. The summed E-state index contributed by atoms with van der Waals surface area (Å²) in [6, 6.07) is 14.0. The Bertz CT molecular complexity index is 955. The van der Waals surface area contributed by atoms with Crippen LogP contribution >= 0.6 is 0 Å². The molecule has 1 aliphatic rings. The van der Waals surface area contributed by atoms with Gasteiger partial charge in [0.15, 0.2) is 11.5 Å². The number of amides is 1. The lowest BCUT2D eigenvalue weighted by Crippen LogP contribution is -2.47. The number of ether oxygens (including phenoxy) is 3. The standard InChI is InChI=1S/C25H31NO7/c1-25(2,3)33-24(30)26-19(12-16-7-5-4-6-8-16)20(27)14-18(23(28)29)11-17-9-10-21-22(13-17)32-15-31-21/h4-10,13,18-20,27H,11-12,14-15H2,1-3H3,(H,26,30)(H,28,29). The molecule has 3 unspecified atom stereocenters. The second-order valence-electron chi connectivity index (χ2n) is 9.17. The van der Waals surface area contributed by atoms with Crippen molar-refractivity contribution in [2.24, 2.45) is 5.92 Å². The normalized spacial score (nSPS) is 15.4. The molecule has 0 fully saturated rings. The number of benzene rings is 2. The fourth-order valence-corrected chi connectivity index (χ4v) is 3.69. The quantitative estimate of drug-likeness (QED) is 0.528. The Kier molecular flexibility index (Phi) is 7.81. The first-order valence-corrected chi connectivity index (χ1v) is 10.9. The van der Waals surface area contributed by atoms with E-state index in [0.717, 1.165) is 11.1 Å². The summed E-state index contributed by atoms with van der Waals surface area (Å²) >= 11 is 0. The lowest BCUT2D eigenvalue weighted by molar-refractivity contribution is -0.143. The number of carboxylic acid groups (broad SMARTS) is 1. The van der Waals surface area contributed by atoms with Crippen LogP contribution in [0.15, 0.2) is 48.5 Å². The number of carbonyl (C=O) groups excluding carboxylic acids is 1. The van der Waals surface area contributed by atoms with Crippen LogP contribution in [-0.4, -0.2) is 46.8 Å². The van der Waals surface area contributed by atoms with Gasteiger partial charge in [-0.05, 0) is 63.3 Å². The van der Waals surface area contributed by atoms with Gasteiger partial charge in [-0.15, -0.1) is 0 Å². The topological polar surface area (TPSA) is 114 Å². The van der Waals surface area contributed by atoms with Crippen LogP contribution in [0.3, 0.4) is 0 Å². The summed E-state index contributed by atoms with van der Waals surface area (Å²) in [5.74, 6) is -0.692. The summed E-state index contributed by atoms with van der Waals surface area (Å²) in [5.41, 5.74) is 0.966. The lowest BCUT2D eigenvalue weighted by Gasteiger charge is -2.28. The highest BCUT2D eigenvalue weighted by atomic mass is 16.7. The highest BCUT2D eigenvalue weighted by Gasteiger charge is 2.30. The number of aliphatic hydroxyl groups excluding tert-OH is 1. The van der Waals surface area contributed by atoms with Gasteiger partial charge in [-0.2, -0.15) is 0 Å². The van der Waals surface area contributed by atoms with Crippen molar-refractivity contribution in [3.8, 4) is 11.5 Å². The van der Waals surface area contributed by atoms with Crippen LogP contribution < -0.4 is 14.8 Å². The van der Waals surface area contributed by atoms with Crippen LogP contribution in [0.1, 0.15) is 38.3 Å². The molecule has 0 saturated heterocycles. The molecule has 0 aromatic heterocycles. The minimum atomic E-state index is -1.10. The third kappa shape index (κ3) is 7.39. The molecule has 8 heteroatoms. The van der Waals surface area contributed by atoms with Gasteiger partial charge in [-0.25, -0.2) is 4.79 Å².